The van der Waals surface area contributed by atoms with Crippen LogP contribution in [0.1, 0.15) is 81.1 Å². The van der Waals surface area contributed by atoms with Crippen molar-refractivity contribution < 1.29 is 5.11 Å². The number of nitrogens with one attached hydrogen (secondary N) is 1. The summed E-state index contributed by atoms with van der Waals surface area (Å²) in [6.07, 6.45) is 4.88. The first-order valence-corrected chi connectivity index (χ1v) is 9.89. The van der Waals surface area contributed by atoms with Crippen LogP contribution in [0, 0.1) is 35.5 Å². The molecule has 2 nitrogen and oxygen atoms in total. The Morgan fingerprint density at radius 3 is 1.52 bits per heavy atom. The van der Waals surface area contributed by atoms with Gasteiger partial charge in [-0.15, -0.1) is 0 Å². The maximum atomic E-state index is 10.9. The molecule has 2 fully saturated rings. The van der Waals surface area contributed by atoms with Gasteiger partial charge in [0.2, 0.25) is 0 Å². The molecule has 2 N–H and O–H groups in total. The molecule has 1 saturated carbocycles. The Labute approximate surface area is 144 Å². The molecular weight excluding hydrogens is 282 g/mol. The van der Waals surface area contributed by atoms with Crippen molar-refractivity contribution >= 4 is 0 Å². The summed E-state index contributed by atoms with van der Waals surface area (Å²) in [4.78, 5) is 0. The normalized spacial score (nSPS) is 38.2. The SMILES string of the molecule is CC(C)C1CC(C2CC(C)(C)NC(C)(C)C2)CC(C(C)C)C1O. The molecule has 1 heterocycles. The molecule has 136 valence electrons. The third-order valence-corrected chi connectivity index (χ3v) is 6.63. The Kier molecular flexibility index (Phi) is 5.58. The van der Waals surface area contributed by atoms with Gasteiger partial charge in [0, 0.05) is 11.1 Å². The number of rotatable bonds is 3. The average Bonchev–Trinajstić information content (AvgIpc) is 2.34. The lowest BCUT2D eigenvalue weighted by Crippen LogP contribution is -2.59. The Bertz CT molecular complexity index is 365. The molecule has 2 atom stereocenters. The third-order valence-electron chi connectivity index (χ3n) is 6.63. The maximum Gasteiger partial charge on any atom is 0.0601 e. The summed E-state index contributed by atoms with van der Waals surface area (Å²) in [5.41, 5.74) is 0.451. The molecule has 1 saturated heterocycles. The molecule has 1 aliphatic heterocycles. The van der Waals surface area contributed by atoms with Crippen molar-refractivity contribution in [2.24, 2.45) is 35.5 Å². The van der Waals surface area contributed by atoms with Gasteiger partial charge in [-0.05, 0) is 88.9 Å². The van der Waals surface area contributed by atoms with E-state index in [1.807, 2.05) is 0 Å². The van der Waals surface area contributed by atoms with Gasteiger partial charge in [-0.25, -0.2) is 0 Å². The second-order valence-corrected chi connectivity index (χ2v) is 10.6. The minimum Gasteiger partial charge on any atom is -0.393 e. The van der Waals surface area contributed by atoms with Crippen molar-refractivity contribution in [3.63, 3.8) is 0 Å². The van der Waals surface area contributed by atoms with Gasteiger partial charge in [-0.1, -0.05) is 27.7 Å². The largest absolute Gasteiger partial charge is 0.393 e. The monoisotopic (exact) mass is 323 g/mol. The van der Waals surface area contributed by atoms with Crippen LogP contribution in [0.4, 0.5) is 0 Å². The van der Waals surface area contributed by atoms with Gasteiger partial charge < -0.3 is 10.4 Å². The van der Waals surface area contributed by atoms with E-state index >= 15 is 0 Å². The van der Waals surface area contributed by atoms with Crippen molar-refractivity contribution in [3.05, 3.63) is 0 Å². The lowest BCUT2D eigenvalue weighted by Gasteiger charge is -2.52. The fourth-order valence-electron chi connectivity index (χ4n) is 5.84. The first-order chi connectivity index (χ1) is 10.4. The highest BCUT2D eigenvalue weighted by Crippen LogP contribution is 2.48. The van der Waals surface area contributed by atoms with Crippen LogP contribution >= 0.6 is 0 Å². The lowest BCUT2D eigenvalue weighted by atomic mass is 9.59. The van der Waals surface area contributed by atoms with Gasteiger partial charge in [0.15, 0.2) is 0 Å². The van der Waals surface area contributed by atoms with E-state index in [1.165, 1.54) is 25.7 Å². The van der Waals surface area contributed by atoms with E-state index in [-0.39, 0.29) is 17.2 Å². The Morgan fingerprint density at radius 2 is 1.17 bits per heavy atom. The summed E-state index contributed by atoms with van der Waals surface area (Å²) in [6.45, 7) is 18.6. The number of piperidine rings is 1. The molecule has 0 aromatic rings. The molecule has 1 aliphatic carbocycles. The first kappa shape index (κ1) is 19.2. The quantitative estimate of drug-likeness (QED) is 0.777. The molecule has 0 amide bonds. The smallest absolute Gasteiger partial charge is 0.0601 e. The van der Waals surface area contributed by atoms with Crippen molar-refractivity contribution in [2.75, 3.05) is 0 Å². The second kappa shape index (κ2) is 6.67. The van der Waals surface area contributed by atoms with Crippen molar-refractivity contribution in [3.8, 4) is 0 Å². The van der Waals surface area contributed by atoms with Crippen LogP contribution in [0.15, 0.2) is 0 Å². The molecule has 2 rings (SSSR count). The molecule has 2 aliphatic rings. The first-order valence-electron chi connectivity index (χ1n) is 9.89. The molecule has 0 bridgehead atoms. The molecule has 0 spiro atoms. The fourth-order valence-corrected chi connectivity index (χ4v) is 5.84. The van der Waals surface area contributed by atoms with E-state index in [0.717, 1.165) is 11.8 Å². The topological polar surface area (TPSA) is 32.3 Å². The van der Waals surface area contributed by atoms with E-state index in [9.17, 15) is 5.11 Å². The third kappa shape index (κ3) is 4.51. The van der Waals surface area contributed by atoms with Gasteiger partial charge in [0.25, 0.3) is 0 Å². The van der Waals surface area contributed by atoms with Crippen molar-refractivity contribution in [1.82, 2.24) is 5.32 Å². The van der Waals surface area contributed by atoms with Crippen LogP contribution < -0.4 is 5.32 Å². The molecular formula is C21H41NO. The Hall–Kier alpha value is -0.0800. The summed E-state index contributed by atoms with van der Waals surface area (Å²) >= 11 is 0. The van der Waals surface area contributed by atoms with Crippen LogP contribution in [0.5, 0.6) is 0 Å². The minimum atomic E-state index is -0.103. The van der Waals surface area contributed by atoms with E-state index < -0.39 is 0 Å². The van der Waals surface area contributed by atoms with Crippen LogP contribution in [0.25, 0.3) is 0 Å². The van der Waals surface area contributed by atoms with Crippen LogP contribution in [-0.2, 0) is 0 Å². The highest BCUT2D eigenvalue weighted by Gasteiger charge is 2.46. The Balaban J connectivity index is 2.20. The summed E-state index contributed by atoms with van der Waals surface area (Å²) in [7, 11) is 0. The van der Waals surface area contributed by atoms with Gasteiger partial charge in [-0.3, -0.25) is 0 Å². The summed E-state index contributed by atoms with van der Waals surface area (Å²) < 4.78 is 0. The van der Waals surface area contributed by atoms with Gasteiger partial charge in [0.1, 0.15) is 0 Å². The highest BCUT2D eigenvalue weighted by atomic mass is 16.3. The molecule has 23 heavy (non-hydrogen) atoms. The predicted molar refractivity (Wildman–Crippen MR) is 99.4 cm³/mol. The number of hydrogen-bond acceptors (Lipinski definition) is 2. The van der Waals surface area contributed by atoms with Crippen LogP contribution in [-0.4, -0.2) is 22.3 Å². The van der Waals surface area contributed by atoms with Crippen LogP contribution in [0.3, 0.4) is 0 Å². The van der Waals surface area contributed by atoms with Gasteiger partial charge in [-0.2, -0.15) is 0 Å². The summed E-state index contributed by atoms with van der Waals surface area (Å²) in [5, 5.41) is 14.7. The standard InChI is InChI=1S/C21H41NO/c1-13(2)17-9-15(10-18(14(3)4)19(17)23)16-11-20(5,6)22-21(7,8)12-16/h13-19,22-23H,9-12H2,1-8H3. The minimum absolute atomic E-state index is 0.103. The molecule has 2 heteroatoms. The van der Waals surface area contributed by atoms with E-state index in [1.54, 1.807) is 0 Å². The zero-order chi connectivity index (χ0) is 17.6. The van der Waals surface area contributed by atoms with E-state index in [4.69, 9.17) is 0 Å². The van der Waals surface area contributed by atoms with Gasteiger partial charge >= 0.3 is 0 Å². The Morgan fingerprint density at radius 1 is 0.783 bits per heavy atom. The van der Waals surface area contributed by atoms with Crippen molar-refractivity contribution in [1.29, 1.82) is 0 Å². The number of aliphatic hydroxyl groups excluding tert-OH is 1. The van der Waals surface area contributed by atoms with Crippen molar-refractivity contribution in [2.45, 2.75) is 98.3 Å². The number of hydrogen-bond donors (Lipinski definition) is 2. The second-order valence-electron chi connectivity index (χ2n) is 10.6. The summed E-state index contributed by atoms with van der Waals surface area (Å²) in [6, 6.07) is 0. The molecule has 0 aromatic carbocycles. The zero-order valence-electron chi connectivity index (χ0n) is 16.8. The zero-order valence-corrected chi connectivity index (χ0v) is 16.8. The highest BCUT2D eigenvalue weighted by molar-refractivity contribution is 5.01. The van der Waals surface area contributed by atoms with Gasteiger partial charge in [0.05, 0.1) is 6.10 Å². The fraction of sp³-hybridized carbons (Fsp3) is 1.00. The van der Waals surface area contributed by atoms with E-state index in [2.05, 4.69) is 60.7 Å². The average molecular weight is 324 g/mol. The molecule has 0 radical (unpaired) electrons. The maximum absolute atomic E-state index is 10.9. The lowest BCUT2D eigenvalue weighted by molar-refractivity contribution is -0.0608. The predicted octanol–water partition coefficient (Wildman–Crippen LogP) is 4.86. The number of aliphatic hydroxyl groups is 1. The van der Waals surface area contributed by atoms with E-state index in [0.29, 0.717) is 23.7 Å². The van der Waals surface area contributed by atoms with Crippen LogP contribution in [0.2, 0.25) is 0 Å². The summed E-state index contributed by atoms with van der Waals surface area (Å²) in [5.74, 6) is 3.67. The molecule has 2 unspecified atom stereocenters. The molecule has 0 aromatic heterocycles.